The van der Waals surface area contributed by atoms with Crippen molar-refractivity contribution in [1.29, 1.82) is 0 Å². The van der Waals surface area contributed by atoms with Crippen LogP contribution in [0.4, 0.5) is 0 Å². The number of fused-ring (bicyclic) bond motifs is 5. The number of morpholine rings is 1. The number of H-pyrrole nitrogens is 2. The van der Waals surface area contributed by atoms with Gasteiger partial charge in [-0.05, 0) is 68.7 Å². The average molecular weight is 589 g/mol. The minimum absolute atomic E-state index is 0.141. The van der Waals surface area contributed by atoms with Crippen LogP contribution in [0.1, 0.15) is 70.9 Å². The Morgan fingerprint density at radius 3 is 2.61 bits per heavy atom. The zero-order valence-corrected chi connectivity index (χ0v) is 25.2. The highest BCUT2D eigenvalue weighted by atomic mass is 16.5. The molecule has 0 bridgehead atoms. The van der Waals surface area contributed by atoms with E-state index in [1.165, 1.54) is 17.5 Å². The highest BCUT2D eigenvalue weighted by Crippen LogP contribution is 2.37. The first-order valence-corrected chi connectivity index (χ1v) is 15.5. The van der Waals surface area contributed by atoms with Crippen molar-refractivity contribution < 1.29 is 9.53 Å². The third-order valence-corrected chi connectivity index (χ3v) is 8.62. The number of aryl methyl sites for hydroxylation is 2. The number of amides is 1. The monoisotopic (exact) mass is 588 g/mol. The summed E-state index contributed by atoms with van der Waals surface area (Å²) in [5.41, 5.74) is 8.41. The molecule has 10 heteroatoms. The molecule has 5 aromatic rings. The number of hydrogen-bond acceptors (Lipinski definition) is 7. The van der Waals surface area contributed by atoms with Crippen LogP contribution in [0.25, 0.3) is 33.2 Å². The minimum Gasteiger partial charge on any atom is -0.379 e. The average Bonchev–Trinajstić information content (AvgIpc) is 3.59. The number of imidazole rings is 1. The number of nitrogens with zero attached hydrogens (tertiary/aromatic N) is 5. The topological polar surface area (TPSA) is 125 Å². The molecule has 4 aromatic heterocycles. The van der Waals surface area contributed by atoms with Crippen molar-refractivity contribution in [3.05, 3.63) is 70.6 Å². The zero-order chi connectivity index (χ0) is 30.0. The maximum atomic E-state index is 13.0. The van der Waals surface area contributed by atoms with E-state index in [-0.39, 0.29) is 11.9 Å². The quantitative estimate of drug-likeness (QED) is 0.202. The lowest BCUT2D eigenvalue weighted by Crippen LogP contribution is -2.36. The van der Waals surface area contributed by atoms with E-state index in [1.807, 2.05) is 44.3 Å². The van der Waals surface area contributed by atoms with Gasteiger partial charge in [0.25, 0.3) is 5.91 Å². The summed E-state index contributed by atoms with van der Waals surface area (Å²) in [5.74, 6) is 7.30. The third kappa shape index (κ3) is 5.56. The molecule has 1 saturated heterocycles. The summed E-state index contributed by atoms with van der Waals surface area (Å²) in [5, 5.41) is 12.8. The van der Waals surface area contributed by atoms with Crippen molar-refractivity contribution >= 4 is 27.8 Å². The summed E-state index contributed by atoms with van der Waals surface area (Å²) in [6, 6.07) is 7.53. The maximum absolute atomic E-state index is 13.0. The number of hydrogen-bond donors (Lipinski definition) is 3. The van der Waals surface area contributed by atoms with Crippen molar-refractivity contribution in [2.45, 2.75) is 52.0 Å². The number of pyridine rings is 2. The Kier molecular flexibility index (Phi) is 7.81. The van der Waals surface area contributed by atoms with Gasteiger partial charge in [0.1, 0.15) is 11.5 Å². The van der Waals surface area contributed by atoms with Crippen molar-refractivity contribution in [2.75, 3.05) is 32.8 Å². The van der Waals surface area contributed by atoms with E-state index < -0.39 is 0 Å². The standard InChI is InChI=1S/C34H36N8O2/c1-21-19-35-32(37-21)22(2)38-34(43)24-12-10-23(11-13-24)31-26-8-5-3-4-7-25(26)29-28(39-31)20-36-33-30(29)27(40-41-33)9-6-14-42-15-17-44-18-16-42/h10-13,19-20,22H,3-5,7-8,14-18H2,1-2H3,(H,35,37)(H,38,43)(H,36,40,41). The molecule has 1 unspecified atom stereocenters. The largest absolute Gasteiger partial charge is 0.379 e. The number of nitrogens with one attached hydrogen (secondary N) is 3. The predicted octanol–water partition coefficient (Wildman–Crippen LogP) is 4.65. The van der Waals surface area contributed by atoms with E-state index >= 15 is 0 Å². The number of aromatic amines is 2. The van der Waals surface area contributed by atoms with Crippen LogP contribution in [0, 0.1) is 18.8 Å². The Morgan fingerprint density at radius 1 is 1.05 bits per heavy atom. The lowest BCUT2D eigenvalue weighted by atomic mass is 9.92. The molecule has 2 aliphatic rings. The zero-order valence-electron chi connectivity index (χ0n) is 25.2. The van der Waals surface area contributed by atoms with Crippen LogP contribution < -0.4 is 5.32 Å². The molecular formula is C34H36N8O2. The molecule has 5 heterocycles. The minimum atomic E-state index is -0.227. The summed E-state index contributed by atoms with van der Waals surface area (Å²) in [4.78, 5) is 32.7. The van der Waals surface area contributed by atoms with Crippen LogP contribution >= 0.6 is 0 Å². The van der Waals surface area contributed by atoms with Gasteiger partial charge in [0.05, 0.1) is 48.6 Å². The van der Waals surface area contributed by atoms with E-state index in [4.69, 9.17) is 9.72 Å². The molecule has 0 saturated carbocycles. The van der Waals surface area contributed by atoms with Crippen LogP contribution in [-0.2, 0) is 17.6 Å². The third-order valence-electron chi connectivity index (χ3n) is 8.62. The van der Waals surface area contributed by atoms with Gasteiger partial charge in [-0.25, -0.2) is 15.0 Å². The summed E-state index contributed by atoms with van der Waals surface area (Å²) in [6.45, 7) is 7.87. The number of carbonyl (C=O) groups is 1. The Morgan fingerprint density at radius 2 is 1.84 bits per heavy atom. The van der Waals surface area contributed by atoms with Gasteiger partial charge in [0.2, 0.25) is 0 Å². The highest BCUT2D eigenvalue weighted by Gasteiger charge is 2.23. The van der Waals surface area contributed by atoms with Crippen LogP contribution in [-0.4, -0.2) is 73.8 Å². The first kappa shape index (κ1) is 28.2. The normalized spacial score (nSPS) is 16.2. The van der Waals surface area contributed by atoms with E-state index in [1.54, 1.807) is 6.20 Å². The van der Waals surface area contributed by atoms with Gasteiger partial charge in [0.15, 0.2) is 5.65 Å². The molecule has 1 amide bonds. The second kappa shape index (κ2) is 12.2. The number of aromatic nitrogens is 6. The first-order chi connectivity index (χ1) is 21.5. The first-order valence-electron chi connectivity index (χ1n) is 15.5. The molecule has 1 fully saturated rings. The maximum Gasteiger partial charge on any atom is 0.251 e. The number of ether oxygens (including phenoxy) is 1. The van der Waals surface area contributed by atoms with E-state index in [9.17, 15) is 4.79 Å². The van der Waals surface area contributed by atoms with Crippen LogP contribution in [0.5, 0.6) is 0 Å². The Hall–Kier alpha value is -4.59. The Bertz CT molecular complexity index is 1890. The predicted molar refractivity (Wildman–Crippen MR) is 169 cm³/mol. The molecule has 44 heavy (non-hydrogen) atoms. The summed E-state index contributed by atoms with van der Waals surface area (Å²) >= 11 is 0. The lowest BCUT2D eigenvalue weighted by Gasteiger charge is -2.24. The van der Waals surface area contributed by atoms with Gasteiger partial charge >= 0.3 is 0 Å². The van der Waals surface area contributed by atoms with Crippen molar-refractivity contribution in [1.82, 2.24) is 40.3 Å². The van der Waals surface area contributed by atoms with E-state index in [0.29, 0.717) is 17.8 Å². The fraction of sp³-hybridized carbons (Fsp3) is 0.382. The molecule has 1 atom stereocenters. The Balaban J connectivity index is 1.23. The van der Waals surface area contributed by atoms with Gasteiger partial charge in [-0.15, -0.1) is 0 Å². The molecule has 10 nitrogen and oxygen atoms in total. The van der Waals surface area contributed by atoms with Crippen molar-refractivity contribution in [2.24, 2.45) is 0 Å². The smallest absolute Gasteiger partial charge is 0.251 e. The van der Waals surface area contributed by atoms with E-state index in [2.05, 4.69) is 47.2 Å². The fourth-order valence-electron chi connectivity index (χ4n) is 6.28. The van der Waals surface area contributed by atoms with Gasteiger partial charge < -0.3 is 15.0 Å². The van der Waals surface area contributed by atoms with Gasteiger partial charge in [-0.3, -0.25) is 14.8 Å². The molecule has 3 N–H and O–H groups in total. The van der Waals surface area contributed by atoms with Gasteiger partial charge in [0, 0.05) is 41.5 Å². The molecule has 1 aliphatic heterocycles. The second-order valence-electron chi connectivity index (χ2n) is 11.7. The molecular weight excluding hydrogens is 552 g/mol. The van der Waals surface area contributed by atoms with Crippen molar-refractivity contribution in [3.8, 4) is 23.1 Å². The summed E-state index contributed by atoms with van der Waals surface area (Å²) in [6.07, 6.45) is 8.93. The van der Waals surface area contributed by atoms with E-state index in [0.717, 1.165) is 96.7 Å². The fourth-order valence-corrected chi connectivity index (χ4v) is 6.28. The SMILES string of the molecule is Cc1cnc(C(C)NC(=O)c2ccc(-c3nc4cnc5n[nH]c(C#CCN6CCOCC6)c5c4c4c3CCCCC4)cc2)[nH]1. The van der Waals surface area contributed by atoms with Gasteiger partial charge in [-0.1, -0.05) is 24.5 Å². The summed E-state index contributed by atoms with van der Waals surface area (Å²) in [7, 11) is 0. The molecule has 0 radical (unpaired) electrons. The lowest BCUT2D eigenvalue weighted by molar-refractivity contribution is 0.0443. The number of carbonyl (C=O) groups excluding carboxylic acids is 1. The van der Waals surface area contributed by atoms with Gasteiger partial charge in [-0.2, -0.15) is 5.10 Å². The van der Waals surface area contributed by atoms with Crippen molar-refractivity contribution in [3.63, 3.8) is 0 Å². The molecule has 0 spiro atoms. The summed E-state index contributed by atoms with van der Waals surface area (Å²) < 4.78 is 5.47. The van der Waals surface area contributed by atoms with Crippen LogP contribution in [0.2, 0.25) is 0 Å². The molecule has 1 aromatic carbocycles. The van der Waals surface area contributed by atoms with Crippen LogP contribution in [0.3, 0.4) is 0 Å². The molecule has 7 rings (SSSR count). The molecule has 1 aliphatic carbocycles. The second-order valence-corrected chi connectivity index (χ2v) is 11.7. The molecule has 224 valence electrons. The number of benzene rings is 1. The van der Waals surface area contributed by atoms with Crippen LogP contribution in [0.15, 0.2) is 36.7 Å². The highest BCUT2D eigenvalue weighted by molar-refractivity contribution is 6.08. The number of rotatable bonds is 5. The Labute approximate surface area is 256 Å².